The number of benzene rings is 1. The molecule has 18 heavy (non-hydrogen) atoms. The van der Waals surface area contributed by atoms with Crippen molar-refractivity contribution in [3.63, 3.8) is 0 Å². The van der Waals surface area contributed by atoms with Crippen LogP contribution in [0.25, 0.3) is 10.9 Å². The van der Waals surface area contributed by atoms with E-state index in [0.717, 1.165) is 10.9 Å². The Morgan fingerprint density at radius 3 is 2.83 bits per heavy atom. The first-order valence-corrected chi connectivity index (χ1v) is 5.41. The minimum absolute atomic E-state index is 0.188. The third-order valence-corrected chi connectivity index (χ3v) is 2.48. The summed E-state index contributed by atoms with van der Waals surface area (Å²) in [4.78, 5) is 8.26. The number of anilines is 1. The standard InChI is InChI=1S/C12H11N5O/c1-17-7-8(6-14-17)18-11-9-4-2-3-5-10(9)15-12(13)16-11/h2-7H,1H3,(H2,13,15,16). The molecule has 2 aromatic heterocycles. The van der Waals surface area contributed by atoms with Gasteiger partial charge in [-0.3, -0.25) is 4.68 Å². The second-order valence-electron chi connectivity index (χ2n) is 3.86. The highest BCUT2D eigenvalue weighted by atomic mass is 16.5. The number of ether oxygens (including phenoxy) is 1. The van der Waals surface area contributed by atoms with Crippen molar-refractivity contribution in [3.8, 4) is 11.6 Å². The largest absolute Gasteiger partial charge is 0.435 e. The summed E-state index contributed by atoms with van der Waals surface area (Å²) in [5.41, 5.74) is 6.41. The van der Waals surface area contributed by atoms with E-state index in [4.69, 9.17) is 10.5 Å². The molecule has 0 spiro atoms. The van der Waals surface area contributed by atoms with Gasteiger partial charge in [-0.1, -0.05) is 12.1 Å². The molecule has 0 unspecified atom stereocenters. The molecule has 0 radical (unpaired) electrons. The minimum Gasteiger partial charge on any atom is -0.435 e. The molecule has 0 aliphatic rings. The quantitative estimate of drug-likeness (QED) is 0.739. The number of aryl methyl sites for hydroxylation is 1. The molecular weight excluding hydrogens is 230 g/mol. The summed E-state index contributed by atoms with van der Waals surface area (Å²) in [5.74, 6) is 1.24. The summed E-state index contributed by atoms with van der Waals surface area (Å²) in [6.07, 6.45) is 3.38. The number of rotatable bonds is 2. The third-order valence-electron chi connectivity index (χ3n) is 2.48. The molecule has 0 amide bonds. The van der Waals surface area contributed by atoms with Crippen molar-refractivity contribution in [2.45, 2.75) is 0 Å². The van der Waals surface area contributed by atoms with Crippen LogP contribution in [0, 0.1) is 0 Å². The summed E-state index contributed by atoms with van der Waals surface area (Å²) < 4.78 is 7.33. The monoisotopic (exact) mass is 241 g/mol. The van der Waals surface area contributed by atoms with Crippen LogP contribution >= 0.6 is 0 Å². The first-order chi connectivity index (χ1) is 8.72. The molecule has 6 heteroatoms. The van der Waals surface area contributed by atoms with Crippen molar-refractivity contribution in [2.24, 2.45) is 7.05 Å². The maximum Gasteiger partial charge on any atom is 0.232 e. The van der Waals surface area contributed by atoms with Crippen LogP contribution in [0.15, 0.2) is 36.7 Å². The molecule has 6 nitrogen and oxygen atoms in total. The fraction of sp³-hybridized carbons (Fsp3) is 0.0833. The SMILES string of the molecule is Cn1cc(Oc2nc(N)nc3ccccc23)cn1. The van der Waals surface area contributed by atoms with Crippen LogP contribution in [0.5, 0.6) is 11.6 Å². The molecule has 2 heterocycles. The molecule has 2 N–H and O–H groups in total. The Hall–Kier alpha value is -2.63. The number of para-hydroxylation sites is 1. The predicted molar refractivity (Wildman–Crippen MR) is 67.2 cm³/mol. The third kappa shape index (κ3) is 1.84. The highest BCUT2D eigenvalue weighted by Crippen LogP contribution is 2.27. The molecule has 1 aromatic carbocycles. The number of nitrogen functional groups attached to an aromatic ring is 1. The second kappa shape index (κ2) is 3.99. The van der Waals surface area contributed by atoms with Gasteiger partial charge >= 0.3 is 0 Å². The van der Waals surface area contributed by atoms with Crippen LogP contribution in [0.4, 0.5) is 5.95 Å². The van der Waals surface area contributed by atoms with Crippen LogP contribution in [0.3, 0.4) is 0 Å². The molecule has 0 saturated heterocycles. The van der Waals surface area contributed by atoms with E-state index in [1.165, 1.54) is 0 Å². The fourth-order valence-electron chi connectivity index (χ4n) is 1.71. The first-order valence-electron chi connectivity index (χ1n) is 5.41. The van der Waals surface area contributed by atoms with Gasteiger partial charge in [0.15, 0.2) is 5.75 Å². The fourth-order valence-corrected chi connectivity index (χ4v) is 1.71. The molecule has 0 aliphatic carbocycles. The van der Waals surface area contributed by atoms with Gasteiger partial charge in [-0.2, -0.15) is 10.1 Å². The zero-order valence-electron chi connectivity index (χ0n) is 9.74. The van der Waals surface area contributed by atoms with Crippen molar-refractivity contribution < 1.29 is 4.74 Å². The maximum atomic E-state index is 5.68. The number of hydrogen-bond acceptors (Lipinski definition) is 5. The first kappa shape index (κ1) is 10.5. The summed E-state index contributed by atoms with van der Waals surface area (Å²) in [6.45, 7) is 0. The molecule has 0 fully saturated rings. The van der Waals surface area contributed by atoms with Crippen molar-refractivity contribution in [1.82, 2.24) is 19.7 Å². The zero-order chi connectivity index (χ0) is 12.5. The summed E-state index contributed by atoms with van der Waals surface area (Å²) >= 11 is 0. The summed E-state index contributed by atoms with van der Waals surface area (Å²) in [6, 6.07) is 7.55. The van der Waals surface area contributed by atoms with E-state index < -0.39 is 0 Å². The number of aromatic nitrogens is 4. The van der Waals surface area contributed by atoms with Gasteiger partial charge < -0.3 is 10.5 Å². The Morgan fingerprint density at radius 1 is 1.22 bits per heavy atom. The topological polar surface area (TPSA) is 78.9 Å². The van der Waals surface area contributed by atoms with E-state index >= 15 is 0 Å². The second-order valence-corrected chi connectivity index (χ2v) is 3.86. The van der Waals surface area contributed by atoms with Gasteiger partial charge in [0.2, 0.25) is 11.8 Å². The number of nitrogens with two attached hydrogens (primary N) is 1. The van der Waals surface area contributed by atoms with Gasteiger partial charge in [0.1, 0.15) is 0 Å². The van der Waals surface area contributed by atoms with Crippen molar-refractivity contribution in [3.05, 3.63) is 36.7 Å². The van der Waals surface area contributed by atoms with Gasteiger partial charge in [-0.15, -0.1) is 0 Å². The van der Waals surface area contributed by atoms with Crippen LogP contribution < -0.4 is 10.5 Å². The van der Waals surface area contributed by atoms with E-state index in [9.17, 15) is 0 Å². The molecule has 3 rings (SSSR count). The summed E-state index contributed by atoms with van der Waals surface area (Å²) in [5, 5.41) is 4.85. The van der Waals surface area contributed by atoms with Crippen LogP contribution in [0.1, 0.15) is 0 Å². The molecule has 90 valence electrons. The van der Waals surface area contributed by atoms with Crippen molar-refractivity contribution in [1.29, 1.82) is 0 Å². The maximum absolute atomic E-state index is 5.68. The van der Waals surface area contributed by atoms with E-state index in [1.54, 1.807) is 17.1 Å². The lowest BCUT2D eigenvalue weighted by Crippen LogP contribution is -1.98. The molecule has 0 aliphatic heterocycles. The number of nitrogens with zero attached hydrogens (tertiary/aromatic N) is 4. The Morgan fingerprint density at radius 2 is 2.06 bits per heavy atom. The van der Waals surface area contributed by atoms with E-state index in [2.05, 4.69) is 15.1 Å². The molecule has 0 saturated carbocycles. The Kier molecular flexibility index (Phi) is 2.33. The van der Waals surface area contributed by atoms with Gasteiger partial charge in [0.05, 0.1) is 23.3 Å². The average Bonchev–Trinajstić information content (AvgIpc) is 2.74. The average molecular weight is 241 g/mol. The summed E-state index contributed by atoms with van der Waals surface area (Å²) in [7, 11) is 1.82. The Balaban J connectivity index is 2.10. The molecule has 3 aromatic rings. The van der Waals surface area contributed by atoms with Gasteiger partial charge in [0.25, 0.3) is 0 Å². The molecular formula is C12H11N5O. The Bertz CT molecular complexity index is 707. The van der Waals surface area contributed by atoms with Crippen molar-refractivity contribution in [2.75, 3.05) is 5.73 Å². The molecule has 0 bridgehead atoms. The smallest absolute Gasteiger partial charge is 0.232 e. The lowest BCUT2D eigenvalue weighted by atomic mass is 10.2. The number of hydrogen-bond donors (Lipinski definition) is 1. The van der Waals surface area contributed by atoms with Gasteiger partial charge in [-0.05, 0) is 12.1 Å². The van der Waals surface area contributed by atoms with Crippen LogP contribution in [-0.2, 0) is 7.05 Å². The minimum atomic E-state index is 0.188. The van der Waals surface area contributed by atoms with Crippen LogP contribution in [-0.4, -0.2) is 19.7 Å². The normalized spacial score (nSPS) is 10.7. The highest BCUT2D eigenvalue weighted by molar-refractivity contribution is 5.84. The predicted octanol–water partition coefficient (Wildman–Crippen LogP) is 1.74. The lowest BCUT2D eigenvalue weighted by Gasteiger charge is -2.06. The van der Waals surface area contributed by atoms with E-state index in [1.807, 2.05) is 31.3 Å². The van der Waals surface area contributed by atoms with Crippen LogP contribution in [0.2, 0.25) is 0 Å². The molecule has 0 atom stereocenters. The lowest BCUT2D eigenvalue weighted by molar-refractivity contribution is 0.468. The zero-order valence-corrected chi connectivity index (χ0v) is 9.74. The highest BCUT2D eigenvalue weighted by Gasteiger charge is 2.08. The van der Waals surface area contributed by atoms with Gasteiger partial charge in [-0.25, -0.2) is 4.98 Å². The number of fused-ring (bicyclic) bond motifs is 1. The van der Waals surface area contributed by atoms with Crippen molar-refractivity contribution >= 4 is 16.9 Å². The Labute approximate surface area is 103 Å². The van der Waals surface area contributed by atoms with Gasteiger partial charge in [0, 0.05) is 7.05 Å². The van der Waals surface area contributed by atoms with E-state index in [0.29, 0.717) is 11.6 Å². The van der Waals surface area contributed by atoms with E-state index in [-0.39, 0.29) is 5.95 Å².